The zero-order chi connectivity index (χ0) is 13.7. The standard InChI is InChI=1S/C14H15BrN2O2/c1-18-12-6-11(7-13(8-12)19-2)16-9-10-4-3-5-14(15)17-10/h3-8,16H,9H2,1-2H3. The summed E-state index contributed by atoms with van der Waals surface area (Å²) in [5, 5.41) is 3.29. The van der Waals surface area contributed by atoms with Crippen molar-refractivity contribution in [2.24, 2.45) is 0 Å². The molecule has 1 heterocycles. The van der Waals surface area contributed by atoms with Crippen LogP contribution in [0.4, 0.5) is 5.69 Å². The summed E-state index contributed by atoms with van der Waals surface area (Å²) in [5.41, 5.74) is 1.88. The number of rotatable bonds is 5. The van der Waals surface area contributed by atoms with Gasteiger partial charge in [0.25, 0.3) is 0 Å². The number of ether oxygens (including phenoxy) is 2. The first-order chi connectivity index (χ1) is 9.21. The van der Waals surface area contributed by atoms with E-state index in [1.807, 2.05) is 36.4 Å². The van der Waals surface area contributed by atoms with Crippen LogP contribution in [0.2, 0.25) is 0 Å². The second-order valence-electron chi connectivity index (χ2n) is 3.91. The number of nitrogens with zero attached hydrogens (tertiary/aromatic N) is 1. The number of anilines is 1. The Labute approximate surface area is 120 Å². The number of nitrogens with one attached hydrogen (secondary N) is 1. The van der Waals surface area contributed by atoms with E-state index in [4.69, 9.17) is 9.47 Å². The van der Waals surface area contributed by atoms with E-state index in [0.717, 1.165) is 27.5 Å². The minimum atomic E-state index is 0.635. The highest BCUT2D eigenvalue weighted by atomic mass is 79.9. The fraction of sp³-hybridized carbons (Fsp3) is 0.214. The summed E-state index contributed by atoms with van der Waals surface area (Å²) in [6.07, 6.45) is 0. The third-order valence-electron chi connectivity index (χ3n) is 2.60. The van der Waals surface area contributed by atoms with Crippen molar-refractivity contribution in [3.8, 4) is 11.5 Å². The van der Waals surface area contributed by atoms with Crippen LogP contribution >= 0.6 is 15.9 Å². The van der Waals surface area contributed by atoms with Gasteiger partial charge in [0, 0.05) is 23.9 Å². The molecule has 0 spiro atoms. The fourth-order valence-electron chi connectivity index (χ4n) is 1.65. The summed E-state index contributed by atoms with van der Waals surface area (Å²) in [6, 6.07) is 11.5. The van der Waals surface area contributed by atoms with Crippen molar-refractivity contribution in [2.45, 2.75) is 6.54 Å². The predicted octanol–water partition coefficient (Wildman–Crippen LogP) is 3.47. The molecule has 2 rings (SSSR count). The second kappa shape index (κ2) is 6.43. The van der Waals surface area contributed by atoms with E-state index in [0.29, 0.717) is 6.54 Å². The lowest BCUT2D eigenvalue weighted by atomic mass is 10.2. The van der Waals surface area contributed by atoms with Gasteiger partial charge in [-0.25, -0.2) is 4.98 Å². The monoisotopic (exact) mass is 322 g/mol. The van der Waals surface area contributed by atoms with E-state index < -0.39 is 0 Å². The fourth-order valence-corrected chi connectivity index (χ4v) is 2.03. The van der Waals surface area contributed by atoms with Gasteiger partial charge in [-0.05, 0) is 28.1 Å². The molecule has 0 aliphatic rings. The van der Waals surface area contributed by atoms with Crippen LogP contribution in [0.25, 0.3) is 0 Å². The third-order valence-corrected chi connectivity index (χ3v) is 3.04. The van der Waals surface area contributed by atoms with Crippen molar-refractivity contribution < 1.29 is 9.47 Å². The summed E-state index contributed by atoms with van der Waals surface area (Å²) in [7, 11) is 3.27. The van der Waals surface area contributed by atoms with Gasteiger partial charge in [0.2, 0.25) is 0 Å². The number of pyridine rings is 1. The van der Waals surface area contributed by atoms with Crippen LogP contribution in [0.5, 0.6) is 11.5 Å². The Bertz CT molecular complexity index is 539. The molecule has 0 unspecified atom stereocenters. The number of halogens is 1. The lowest BCUT2D eigenvalue weighted by Gasteiger charge is -2.10. The van der Waals surface area contributed by atoms with Crippen LogP contribution in [0.1, 0.15) is 5.69 Å². The van der Waals surface area contributed by atoms with Gasteiger partial charge in [0.15, 0.2) is 0 Å². The highest BCUT2D eigenvalue weighted by molar-refractivity contribution is 9.10. The summed E-state index contributed by atoms with van der Waals surface area (Å²) in [6.45, 7) is 0.635. The molecule has 0 aliphatic heterocycles. The molecule has 4 nitrogen and oxygen atoms in total. The van der Waals surface area contributed by atoms with Crippen molar-refractivity contribution in [1.82, 2.24) is 4.98 Å². The minimum Gasteiger partial charge on any atom is -0.497 e. The quantitative estimate of drug-likeness (QED) is 0.856. The topological polar surface area (TPSA) is 43.4 Å². The van der Waals surface area contributed by atoms with Gasteiger partial charge in [0.1, 0.15) is 16.1 Å². The average molecular weight is 323 g/mol. The van der Waals surface area contributed by atoms with Crippen molar-refractivity contribution in [3.63, 3.8) is 0 Å². The van der Waals surface area contributed by atoms with Crippen molar-refractivity contribution in [3.05, 3.63) is 46.7 Å². The van der Waals surface area contributed by atoms with E-state index in [2.05, 4.69) is 26.2 Å². The van der Waals surface area contributed by atoms with Gasteiger partial charge in [-0.15, -0.1) is 0 Å². The number of benzene rings is 1. The van der Waals surface area contributed by atoms with Crippen molar-refractivity contribution >= 4 is 21.6 Å². The molecule has 100 valence electrons. The molecule has 1 N–H and O–H groups in total. The molecule has 0 radical (unpaired) electrons. The molecule has 0 atom stereocenters. The molecule has 1 aromatic carbocycles. The molecule has 0 fully saturated rings. The van der Waals surface area contributed by atoms with Gasteiger partial charge in [0.05, 0.1) is 26.5 Å². The second-order valence-corrected chi connectivity index (χ2v) is 4.72. The number of methoxy groups -OCH3 is 2. The number of aromatic nitrogens is 1. The summed E-state index contributed by atoms with van der Waals surface area (Å²) < 4.78 is 11.3. The minimum absolute atomic E-state index is 0.635. The first-order valence-electron chi connectivity index (χ1n) is 5.79. The van der Waals surface area contributed by atoms with Gasteiger partial charge in [-0.2, -0.15) is 0 Å². The van der Waals surface area contributed by atoms with Crippen LogP contribution < -0.4 is 14.8 Å². The van der Waals surface area contributed by atoms with Gasteiger partial charge < -0.3 is 14.8 Å². The molecule has 0 bridgehead atoms. The highest BCUT2D eigenvalue weighted by Gasteiger charge is 2.02. The van der Waals surface area contributed by atoms with Gasteiger partial charge in [-0.1, -0.05) is 6.07 Å². The zero-order valence-electron chi connectivity index (χ0n) is 10.8. The van der Waals surface area contributed by atoms with Crippen LogP contribution in [-0.2, 0) is 6.54 Å². The van der Waals surface area contributed by atoms with Crippen LogP contribution in [0.15, 0.2) is 41.0 Å². The Morgan fingerprint density at radius 3 is 2.37 bits per heavy atom. The Balaban J connectivity index is 2.10. The third kappa shape index (κ3) is 3.86. The molecular formula is C14H15BrN2O2. The average Bonchev–Trinajstić information content (AvgIpc) is 2.44. The highest BCUT2D eigenvalue weighted by Crippen LogP contribution is 2.26. The van der Waals surface area contributed by atoms with Gasteiger partial charge >= 0.3 is 0 Å². The van der Waals surface area contributed by atoms with E-state index in [9.17, 15) is 0 Å². The maximum absolute atomic E-state index is 5.23. The smallest absolute Gasteiger partial charge is 0.124 e. The largest absolute Gasteiger partial charge is 0.497 e. The first kappa shape index (κ1) is 13.7. The Kier molecular flexibility index (Phi) is 4.63. The molecule has 0 saturated heterocycles. The lowest BCUT2D eigenvalue weighted by molar-refractivity contribution is 0.394. The first-order valence-corrected chi connectivity index (χ1v) is 6.59. The SMILES string of the molecule is COc1cc(NCc2cccc(Br)n2)cc(OC)c1. The molecule has 0 amide bonds. The lowest BCUT2D eigenvalue weighted by Crippen LogP contribution is -2.02. The van der Waals surface area contributed by atoms with Crippen LogP contribution in [0.3, 0.4) is 0 Å². The Hall–Kier alpha value is -1.75. The van der Waals surface area contributed by atoms with Crippen molar-refractivity contribution in [1.29, 1.82) is 0 Å². The van der Waals surface area contributed by atoms with Crippen LogP contribution in [-0.4, -0.2) is 19.2 Å². The summed E-state index contributed by atoms with van der Waals surface area (Å²) in [5.74, 6) is 1.51. The Morgan fingerprint density at radius 2 is 1.79 bits per heavy atom. The number of hydrogen-bond acceptors (Lipinski definition) is 4. The Morgan fingerprint density at radius 1 is 1.11 bits per heavy atom. The van der Waals surface area contributed by atoms with Crippen LogP contribution in [0, 0.1) is 0 Å². The maximum atomic E-state index is 5.23. The molecule has 19 heavy (non-hydrogen) atoms. The predicted molar refractivity (Wildman–Crippen MR) is 78.8 cm³/mol. The van der Waals surface area contributed by atoms with E-state index in [1.54, 1.807) is 14.2 Å². The van der Waals surface area contributed by atoms with E-state index >= 15 is 0 Å². The van der Waals surface area contributed by atoms with E-state index in [1.165, 1.54) is 0 Å². The summed E-state index contributed by atoms with van der Waals surface area (Å²) >= 11 is 3.36. The molecule has 2 aromatic rings. The normalized spacial score (nSPS) is 10.1. The molecule has 5 heteroatoms. The molecular weight excluding hydrogens is 308 g/mol. The zero-order valence-corrected chi connectivity index (χ0v) is 12.4. The number of hydrogen-bond donors (Lipinski definition) is 1. The van der Waals surface area contributed by atoms with Gasteiger partial charge in [-0.3, -0.25) is 0 Å². The summed E-state index contributed by atoms with van der Waals surface area (Å²) in [4.78, 5) is 4.37. The molecule has 1 aromatic heterocycles. The van der Waals surface area contributed by atoms with E-state index in [-0.39, 0.29) is 0 Å². The maximum Gasteiger partial charge on any atom is 0.124 e. The van der Waals surface area contributed by atoms with Crippen molar-refractivity contribution in [2.75, 3.05) is 19.5 Å². The molecule has 0 aliphatic carbocycles. The molecule has 0 saturated carbocycles.